The third-order valence-electron chi connectivity index (χ3n) is 2.95. The molecule has 18 heavy (non-hydrogen) atoms. The quantitative estimate of drug-likeness (QED) is 0.812. The minimum atomic E-state index is -0.299. The van der Waals surface area contributed by atoms with E-state index in [1.807, 2.05) is 0 Å². The maximum Gasteiger partial charge on any atom is 0.341 e. The molecule has 1 N–H and O–H groups in total. The van der Waals surface area contributed by atoms with Crippen molar-refractivity contribution in [3.63, 3.8) is 0 Å². The number of hydrogen-bond donors (Lipinski definition) is 1. The average Bonchev–Trinajstić information content (AvgIpc) is 2.39. The number of anilines is 1. The van der Waals surface area contributed by atoms with Gasteiger partial charge in [0.15, 0.2) is 0 Å². The molecule has 5 nitrogen and oxygen atoms in total. The van der Waals surface area contributed by atoms with E-state index in [2.05, 4.69) is 22.1 Å². The summed E-state index contributed by atoms with van der Waals surface area (Å²) in [6.07, 6.45) is 1.71. The lowest BCUT2D eigenvalue weighted by atomic mass is 10.2. The second-order valence-electron chi connectivity index (χ2n) is 4.40. The van der Waals surface area contributed by atoms with E-state index in [0.29, 0.717) is 18.2 Å². The topological polar surface area (TPSA) is 54.5 Å². The molecule has 5 heteroatoms. The van der Waals surface area contributed by atoms with E-state index in [1.54, 1.807) is 25.3 Å². The molecule has 0 bridgehead atoms. The van der Waals surface area contributed by atoms with Crippen LogP contribution in [0.1, 0.15) is 24.2 Å². The van der Waals surface area contributed by atoms with Crippen LogP contribution in [0.25, 0.3) is 0 Å². The zero-order valence-electron chi connectivity index (χ0n) is 10.8. The van der Waals surface area contributed by atoms with Crippen LogP contribution in [0.15, 0.2) is 18.3 Å². The van der Waals surface area contributed by atoms with Gasteiger partial charge in [0.1, 0.15) is 11.4 Å². The fourth-order valence-electron chi connectivity index (χ4n) is 2.14. The highest BCUT2D eigenvalue weighted by Crippen LogP contribution is 2.19. The molecule has 1 fully saturated rings. The van der Waals surface area contributed by atoms with Gasteiger partial charge in [0.2, 0.25) is 0 Å². The van der Waals surface area contributed by atoms with Gasteiger partial charge in [0.25, 0.3) is 0 Å². The summed E-state index contributed by atoms with van der Waals surface area (Å²) in [5.74, 6) is 0.427. The van der Waals surface area contributed by atoms with Crippen LogP contribution in [-0.2, 0) is 4.74 Å². The number of carbonyl (C=O) groups is 1. The second-order valence-corrected chi connectivity index (χ2v) is 4.40. The third kappa shape index (κ3) is 2.79. The second kappa shape index (κ2) is 5.82. The van der Waals surface area contributed by atoms with Gasteiger partial charge in [0, 0.05) is 31.9 Å². The Kier molecular flexibility index (Phi) is 4.15. The molecule has 0 spiro atoms. The van der Waals surface area contributed by atoms with Gasteiger partial charge in [-0.1, -0.05) is 0 Å². The fourth-order valence-corrected chi connectivity index (χ4v) is 2.14. The van der Waals surface area contributed by atoms with Crippen molar-refractivity contribution in [2.24, 2.45) is 0 Å². The van der Waals surface area contributed by atoms with Gasteiger partial charge in [-0.3, -0.25) is 0 Å². The van der Waals surface area contributed by atoms with Crippen LogP contribution in [0.2, 0.25) is 0 Å². The largest absolute Gasteiger partial charge is 0.462 e. The molecule has 0 amide bonds. The van der Waals surface area contributed by atoms with Crippen molar-refractivity contribution in [1.29, 1.82) is 0 Å². The van der Waals surface area contributed by atoms with Gasteiger partial charge in [-0.05, 0) is 26.0 Å². The first-order valence-electron chi connectivity index (χ1n) is 6.33. The van der Waals surface area contributed by atoms with Crippen LogP contribution in [0.4, 0.5) is 5.82 Å². The van der Waals surface area contributed by atoms with Crippen molar-refractivity contribution in [3.8, 4) is 0 Å². The summed E-state index contributed by atoms with van der Waals surface area (Å²) in [5.41, 5.74) is 0.549. The summed E-state index contributed by atoms with van der Waals surface area (Å²) >= 11 is 0. The number of nitrogens with one attached hydrogen (secondary N) is 1. The van der Waals surface area contributed by atoms with Crippen LogP contribution in [0, 0.1) is 0 Å². The molecule has 0 saturated carbocycles. The number of esters is 1. The SMILES string of the molecule is CCOC(=O)c1cccnc1N1CCN[C@@H](C)C1. The zero-order valence-corrected chi connectivity index (χ0v) is 10.8. The first kappa shape index (κ1) is 12.8. The molecular formula is C13H19N3O2. The lowest BCUT2D eigenvalue weighted by Crippen LogP contribution is -2.50. The molecule has 1 aromatic rings. The number of pyridine rings is 1. The van der Waals surface area contributed by atoms with E-state index in [0.717, 1.165) is 25.5 Å². The number of ether oxygens (including phenoxy) is 1. The Hall–Kier alpha value is -1.62. The van der Waals surface area contributed by atoms with Crippen LogP contribution in [-0.4, -0.2) is 43.2 Å². The summed E-state index contributed by atoms with van der Waals surface area (Å²) in [6, 6.07) is 3.94. The van der Waals surface area contributed by atoms with E-state index in [9.17, 15) is 4.79 Å². The Morgan fingerprint density at radius 3 is 3.22 bits per heavy atom. The molecule has 2 heterocycles. The number of hydrogen-bond acceptors (Lipinski definition) is 5. The van der Waals surface area contributed by atoms with Crippen LogP contribution in [0.3, 0.4) is 0 Å². The van der Waals surface area contributed by atoms with E-state index in [1.165, 1.54) is 0 Å². The first-order chi connectivity index (χ1) is 8.72. The highest BCUT2D eigenvalue weighted by atomic mass is 16.5. The monoisotopic (exact) mass is 249 g/mol. The summed E-state index contributed by atoms with van der Waals surface area (Å²) < 4.78 is 5.07. The molecule has 0 aromatic carbocycles. The highest BCUT2D eigenvalue weighted by Gasteiger charge is 2.22. The van der Waals surface area contributed by atoms with E-state index in [4.69, 9.17) is 4.74 Å². The Bertz CT molecular complexity index is 422. The highest BCUT2D eigenvalue weighted by molar-refractivity contribution is 5.94. The van der Waals surface area contributed by atoms with Gasteiger partial charge in [-0.15, -0.1) is 0 Å². The number of aromatic nitrogens is 1. The predicted octanol–water partition coefficient (Wildman–Crippen LogP) is 1.06. The van der Waals surface area contributed by atoms with Gasteiger partial charge in [0.05, 0.1) is 6.61 Å². The van der Waals surface area contributed by atoms with Gasteiger partial charge >= 0.3 is 5.97 Å². The predicted molar refractivity (Wildman–Crippen MR) is 69.9 cm³/mol. The number of carbonyl (C=O) groups excluding carboxylic acids is 1. The number of rotatable bonds is 3. The number of piperazine rings is 1. The maximum absolute atomic E-state index is 11.9. The Balaban J connectivity index is 2.23. The Labute approximate surface area is 107 Å². The minimum absolute atomic E-state index is 0.299. The van der Waals surface area contributed by atoms with Gasteiger partial charge < -0.3 is 15.0 Å². The molecule has 1 aromatic heterocycles. The van der Waals surface area contributed by atoms with Crippen molar-refractivity contribution in [3.05, 3.63) is 23.9 Å². The smallest absolute Gasteiger partial charge is 0.341 e. The molecule has 1 aliphatic rings. The molecular weight excluding hydrogens is 230 g/mol. The maximum atomic E-state index is 11.9. The molecule has 1 atom stereocenters. The van der Waals surface area contributed by atoms with Gasteiger partial charge in [-0.2, -0.15) is 0 Å². The summed E-state index contributed by atoms with van der Waals surface area (Å²) in [7, 11) is 0. The summed E-state index contributed by atoms with van der Waals surface area (Å²) in [5, 5.41) is 3.37. The zero-order chi connectivity index (χ0) is 13.0. The Morgan fingerprint density at radius 2 is 2.50 bits per heavy atom. The van der Waals surface area contributed by atoms with E-state index < -0.39 is 0 Å². The molecule has 0 unspecified atom stereocenters. The minimum Gasteiger partial charge on any atom is -0.462 e. The summed E-state index contributed by atoms with van der Waals surface area (Å²) in [6.45, 7) is 6.92. The molecule has 2 rings (SSSR count). The van der Waals surface area contributed by atoms with Crippen LogP contribution >= 0.6 is 0 Å². The molecule has 1 aliphatic heterocycles. The molecule has 0 aliphatic carbocycles. The summed E-state index contributed by atoms with van der Waals surface area (Å²) in [4.78, 5) is 18.4. The molecule has 1 saturated heterocycles. The first-order valence-corrected chi connectivity index (χ1v) is 6.33. The third-order valence-corrected chi connectivity index (χ3v) is 2.95. The standard InChI is InChI=1S/C13H19N3O2/c1-3-18-13(17)11-5-4-6-15-12(11)16-8-7-14-10(2)9-16/h4-6,10,14H,3,7-9H2,1-2H3/t10-/m0/s1. The van der Waals surface area contributed by atoms with Crippen LogP contribution in [0.5, 0.6) is 0 Å². The van der Waals surface area contributed by atoms with Crippen molar-refractivity contribution in [2.45, 2.75) is 19.9 Å². The lowest BCUT2D eigenvalue weighted by molar-refractivity contribution is 0.0526. The van der Waals surface area contributed by atoms with Crippen molar-refractivity contribution in [2.75, 3.05) is 31.1 Å². The number of nitrogens with zero attached hydrogens (tertiary/aromatic N) is 2. The van der Waals surface area contributed by atoms with Crippen molar-refractivity contribution < 1.29 is 9.53 Å². The normalized spacial score (nSPS) is 19.7. The van der Waals surface area contributed by atoms with Gasteiger partial charge in [-0.25, -0.2) is 9.78 Å². The van der Waals surface area contributed by atoms with Crippen LogP contribution < -0.4 is 10.2 Å². The average molecular weight is 249 g/mol. The van der Waals surface area contributed by atoms with Crippen molar-refractivity contribution >= 4 is 11.8 Å². The van der Waals surface area contributed by atoms with E-state index >= 15 is 0 Å². The molecule has 98 valence electrons. The van der Waals surface area contributed by atoms with E-state index in [-0.39, 0.29) is 5.97 Å². The lowest BCUT2D eigenvalue weighted by Gasteiger charge is -2.33. The Morgan fingerprint density at radius 1 is 1.67 bits per heavy atom. The fraction of sp³-hybridized carbons (Fsp3) is 0.538. The molecule has 0 radical (unpaired) electrons. The van der Waals surface area contributed by atoms with Crippen molar-refractivity contribution in [1.82, 2.24) is 10.3 Å².